The summed E-state index contributed by atoms with van der Waals surface area (Å²) in [6.45, 7) is 7.53. The number of carbonyl (C=O) groups excluding carboxylic acids is 1. The van der Waals surface area contributed by atoms with Crippen LogP contribution in [0.3, 0.4) is 0 Å². The molecule has 0 unspecified atom stereocenters. The van der Waals surface area contributed by atoms with Crippen molar-refractivity contribution in [1.82, 2.24) is 0 Å². The van der Waals surface area contributed by atoms with Crippen molar-refractivity contribution in [3.63, 3.8) is 0 Å². The Hall–Kier alpha value is -1.55. The zero-order valence-corrected chi connectivity index (χ0v) is 15.4. The van der Waals surface area contributed by atoms with E-state index in [2.05, 4.69) is 37.8 Å². The van der Waals surface area contributed by atoms with Crippen molar-refractivity contribution < 1.29 is 7.87 Å². The molecule has 0 fully saturated rings. The Kier molecular flexibility index (Phi) is 5.23. The normalized spacial score (nSPS) is 11.0. The first-order valence-corrected chi connectivity index (χ1v) is 13.1. The van der Waals surface area contributed by atoms with E-state index in [1.165, 1.54) is 7.16 Å². The van der Waals surface area contributed by atoms with Gasteiger partial charge in [-0.3, -0.25) is 0 Å². The Balaban J connectivity index is 2.57. The summed E-state index contributed by atoms with van der Waals surface area (Å²) in [4.78, 5) is 12.2. The molecule has 2 rings (SSSR count). The second-order valence-electron chi connectivity index (χ2n) is 5.08. The molecule has 108 valence electrons. The van der Waals surface area contributed by atoms with Gasteiger partial charge in [0.25, 0.3) is 0 Å². The SMILES string of the molecule is C=C(C)C(=O)[O][Sn]([CH2]C)([c]1ccccc1)[c]1ccccc1. The van der Waals surface area contributed by atoms with E-state index in [0.717, 1.165) is 4.44 Å². The summed E-state index contributed by atoms with van der Waals surface area (Å²) >= 11 is -3.47. The monoisotopic (exact) mass is 388 g/mol. The molecule has 0 aliphatic heterocycles. The van der Waals surface area contributed by atoms with Gasteiger partial charge in [0.15, 0.2) is 0 Å². The molecule has 0 saturated carbocycles. The van der Waals surface area contributed by atoms with Gasteiger partial charge in [-0.15, -0.1) is 0 Å². The van der Waals surface area contributed by atoms with Crippen LogP contribution in [0.4, 0.5) is 0 Å². The van der Waals surface area contributed by atoms with Gasteiger partial charge in [-0.1, -0.05) is 0 Å². The Morgan fingerprint density at radius 3 is 1.76 bits per heavy atom. The van der Waals surface area contributed by atoms with Crippen molar-refractivity contribution >= 4 is 31.9 Å². The van der Waals surface area contributed by atoms with Gasteiger partial charge in [-0.05, 0) is 0 Å². The van der Waals surface area contributed by atoms with Gasteiger partial charge < -0.3 is 0 Å². The zero-order valence-electron chi connectivity index (χ0n) is 12.5. The molecule has 0 aliphatic carbocycles. The van der Waals surface area contributed by atoms with Crippen molar-refractivity contribution in [3.05, 3.63) is 72.8 Å². The maximum atomic E-state index is 12.2. The predicted molar refractivity (Wildman–Crippen MR) is 89.3 cm³/mol. The van der Waals surface area contributed by atoms with Crippen molar-refractivity contribution in [2.24, 2.45) is 0 Å². The van der Waals surface area contributed by atoms with Gasteiger partial charge in [0.2, 0.25) is 0 Å². The van der Waals surface area contributed by atoms with E-state index in [-0.39, 0.29) is 5.97 Å². The van der Waals surface area contributed by atoms with Crippen LogP contribution in [-0.2, 0) is 7.87 Å². The molecule has 0 aliphatic rings. The van der Waals surface area contributed by atoms with Crippen LogP contribution in [0.5, 0.6) is 0 Å². The van der Waals surface area contributed by atoms with Crippen LogP contribution in [0.15, 0.2) is 72.8 Å². The van der Waals surface area contributed by atoms with Crippen LogP contribution in [0.2, 0.25) is 4.44 Å². The van der Waals surface area contributed by atoms with Gasteiger partial charge in [0.1, 0.15) is 0 Å². The van der Waals surface area contributed by atoms with Crippen LogP contribution in [0.25, 0.3) is 0 Å². The summed E-state index contributed by atoms with van der Waals surface area (Å²) < 4.78 is 9.31. The number of rotatable bonds is 5. The minimum atomic E-state index is -3.47. The van der Waals surface area contributed by atoms with Gasteiger partial charge >= 0.3 is 131 Å². The Labute approximate surface area is 130 Å². The summed E-state index contributed by atoms with van der Waals surface area (Å²) in [5.41, 5.74) is 0.455. The molecule has 0 amide bonds. The molecule has 0 spiro atoms. The minimum absolute atomic E-state index is 0.277. The average molecular weight is 387 g/mol. The molecule has 2 aromatic carbocycles. The van der Waals surface area contributed by atoms with Crippen molar-refractivity contribution in [2.75, 3.05) is 0 Å². The van der Waals surface area contributed by atoms with E-state index in [1.54, 1.807) is 6.92 Å². The van der Waals surface area contributed by atoms with Crippen molar-refractivity contribution in [1.29, 1.82) is 0 Å². The van der Waals surface area contributed by atoms with E-state index in [1.807, 2.05) is 36.4 Å². The van der Waals surface area contributed by atoms with Crippen LogP contribution in [0, 0.1) is 0 Å². The Morgan fingerprint density at radius 1 is 1.00 bits per heavy atom. The van der Waals surface area contributed by atoms with E-state index < -0.39 is 18.8 Å². The third-order valence-electron chi connectivity index (χ3n) is 3.59. The average Bonchev–Trinajstić information content (AvgIpc) is 2.54. The summed E-state index contributed by atoms with van der Waals surface area (Å²) in [7, 11) is 0. The number of hydrogen-bond donors (Lipinski definition) is 0. The molecule has 2 aromatic rings. The summed E-state index contributed by atoms with van der Waals surface area (Å²) in [5.74, 6) is -0.277. The van der Waals surface area contributed by atoms with E-state index in [4.69, 9.17) is 3.07 Å². The second-order valence-corrected chi connectivity index (χ2v) is 15.7. The van der Waals surface area contributed by atoms with E-state index >= 15 is 0 Å². The van der Waals surface area contributed by atoms with E-state index in [9.17, 15) is 4.79 Å². The fourth-order valence-corrected chi connectivity index (χ4v) is 12.4. The first-order valence-electron chi connectivity index (χ1n) is 7.10. The molecule has 0 N–H and O–H groups in total. The standard InChI is InChI=1S/2C6H5.C4H6O2.C2H5.Sn/c2*1-2-4-6-5-3-1;1-3(2)4(5)6;1-2;/h2*1-5H;1H2,2H3,(H,5,6);1H2,2H3;/q;;;;+1/p-1. The van der Waals surface area contributed by atoms with Crippen LogP contribution < -0.4 is 7.16 Å². The molecular formula is C18H20O2Sn. The number of hydrogen-bond acceptors (Lipinski definition) is 2. The topological polar surface area (TPSA) is 26.3 Å². The Morgan fingerprint density at radius 2 is 1.43 bits per heavy atom. The number of carbonyl (C=O) groups is 1. The molecule has 0 aromatic heterocycles. The molecule has 21 heavy (non-hydrogen) atoms. The molecule has 0 heterocycles. The molecule has 2 nitrogen and oxygen atoms in total. The fraction of sp³-hybridized carbons (Fsp3) is 0.167. The van der Waals surface area contributed by atoms with Crippen molar-refractivity contribution in [2.45, 2.75) is 18.3 Å². The quantitative estimate of drug-likeness (QED) is 0.583. The van der Waals surface area contributed by atoms with Crippen molar-refractivity contribution in [3.8, 4) is 0 Å². The van der Waals surface area contributed by atoms with Gasteiger partial charge in [-0.2, -0.15) is 0 Å². The van der Waals surface area contributed by atoms with E-state index in [0.29, 0.717) is 5.57 Å². The third kappa shape index (κ3) is 3.38. The summed E-state index contributed by atoms with van der Waals surface area (Å²) in [6.07, 6.45) is 0. The first kappa shape index (κ1) is 15.8. The Bertz CT molecular complexity index is 581. The molecule has 0 bridgehead atoms. The fourth-order valence-electron chi connectivity index (χ4n) is 2.43. The zero-order chi connectivity index (χ0) is 15.3. The predicted octanol–water partition coefficient (Wildman–Crippen LogP) is 2.89. The maximum absolute atomic E-state index is 12.2. The van der Waals surface area contributed by atoms with Gasteiger partial charge in [-0.25, -0.2) is 0 Å². The third-order valence-corrected chi connectivity index (χ3v) is 15.2. The van der Waals surface area contributed by atoms with Gasteiger partial charge in [0.05, 0.1) is 0 Å². The number of benzene rings is 2. The molecule has 0 radical (unpaired) electrons. The molecule has 3 heteroatoms. The van der Waals surface area contributed by atoms with Crippen LogP contribution in [0.1, 0.15) is 13.8 Å². The van der Waals surface area contributed by atoms with Gasteiger partial charge in [0, 0.05) is 0 Å². The molecule has 0 saturated heterocycles. The molecular weight excluding hydrogens is 367 g/mol. The molecule has 0 atom stereocenters. The second kappa shape index (κ2) is 6.94. The van der Waals surface area contributed by atoms with Crippen LogP contribution >= 0.6 is 0 Å². The first-order chi connectivity index (χ1) is 10.1. The van der Waals surface area contributed by atoms with Crippen LogP contribution in [-0.4, -0.2) is 24.8 Å². The summed E-state index contributed by atoms with van der Waals surface area (Å²) in [5, 5.41) is 0. The summed E-state index contributed by atoms with van der Waals surface area (Å²) in [6, 6.07) is 20.3.